The van der Waals surface area contributed by atoms with Crippen LogP contribution < -0.4 is 5.32 Å². The lowest BCUT2D eigenvalue weighted by atomic mass is 10.0. The van der Waals surface area contributed by atoms with Gasteiger partial charge in [-0.15, -0.1) is 0 Å². The molecule has 1 N–H and O–H groups in total. The van der Waals surface area contributed by atoms with Gasteiger partial charge in [-0.1, -0.05) is 36.4 Å². The Hall–Kier alpha value is -3.44. The summed E-state index contributed by atoms with van der Waals surface area (Å²) in [5.41, 5.74) is 3.84. The van der Waals surface area contributed by atoms with E-state index in [1.54, 1.807) is 6.08 Å². The van der Waals surface area contributed by atoms with Crippen LogP contribution in [-0.4, -0.2) is 36.2 Å². The number of hydrogen-bond acceptors (Lipinski definition) is 4. The van der Waals surface area contributed by atoms with Gasteiger partial charge >= 0.3 is 0 Å². The molecule has 5 nitrogen and oxygen atoms in total. The Morgan fingerprint density at radius 3 is 2.75 bits per heavy atom. The number of anilines is 1. The van der Waals surface area contributed by atoms with E-state index in [9.17, 15) is 9.59 Å². The molecule has 162 valence electrons. The van der Waals surface area contributed by atoms with Crippen molar-refractivity contribution in [2.45, 2.75) is 25.7 Å². The first kappa shape index (κ1) is 20.5. The molecule has 1 fully saturated rings. The molecule has 2 aliphatic rings. The molecular weight excluding hydrogens is 400 g/mol. The minimum Gasteiger partial charge on any atom is -0.457 e. The average Bonchev–Trinajstić information content (AvgIpc) is 3.56. The number of rotatable bonds is 7. The third kappa shape index (κ3) is 4.30. The van der Waals surface area contributed by atoms with Gasteiger partial charge in [-0.2, -0.15) is 0 Å². The maximum Gasteiger partial charge on any atom is 0.256 e. The van der Waals surface area contributed by atoms with Crippen LogP contribution in [0, 0.1) is 0 Å². The molecular formula is C27H26N2O3. The number of ketones is 1. The normalized spacial score (nSPS) is 17.0. The highest BCUT2D eigenvalue weighted by molar-refractivity contribution is 6.34. The van der Waals surface area contributed by atoms with Crippen LogP contribution in [0.1, 0.15) is 47.4 Å². The van der Waals surface area contributed by atoms with E-state index in [1.165, 1.54) is 12.8 Å². The second kappa shape index (κ2) is 8.97. The molecule has 5 heteroatoms. The lowest BCUT2D eigenvalue weighted by Gasteiger charge is -2.13. The maximum absolute atomic E-state index is 12.7. The Morgan fingerprint density at radius 1 is 1.03 bits per heavy atom. The van der Waals surface area contributed by atoms with Crippen LogP contribution in [-0.2, 0) is 4.79 Å². The molecule has 0 bridgehead atoms. The molecule has 0 saturated carbocycles. The third-order valence-electron chi connectivity index (χ3n) is 6.17. The van der Waals surface area contributed by atoms with Crippen molar-refractivity contribution < 1.29 is 14.0 Å². The molecule has 32 heavy (non-hydrogen) atoms. The van der Waals surface area contributed by atoms with Gasteiger partial charge in [0.15, 0.2) is 5.78 Å². The number of nitrogens with zero attached hydrogens (tertiary/aromatic N) is 1. The van der Waals surface area contributed by atoms with Crippen LogP contribution in [0.25, 0.3) is 23.0 Å². The Balaban J connectivity index is 1.29. The van der Waals surface area contributed by atoms with Gasteiger partial charge in [-0.3, -0.25) is 9.59 Å². The summed E-state index contributed by atoms with van der Waals surface area (Å²) < 4.78 is 6.00. The summed E-state index contributed by atoms with van der Waals surface area (Å²) in [6, 6.07) is 18.9. The van der Waals surface area contributed by atoms with E-state index in [4.69, 9.17) is 4.42 Å². The molecule has 0 aliphatic carbocycles. The lowest BCUT2D eigenvalue weighted by Crippen LogP contribution is -2.21. The van der Waals surface area contributed by atoms with Crippen molar-refractivity contribution in [1.82, 2.24) is 4.90 Å². The summed E-state index contributed by atoms with van der Waals surface area (Å²) in [4.78, 5) is 27.5. The van der Waals surface area contributed by atoms with Gasteiger partial charge in [0.25, 0.3) is 5.91 Å². The van der Waals surface area contributed by atoms with E-state index < -0.39 is 0 Å². The fourth-order valence-corrected chi connectivity index (χ4v) is 4.47. The molecule has 5 rings (SSSR count). The lowest BCUT2D eigenvalue weighted by molar-refractivity contribution is -0.110. The number of para-hydroxylation sites is 1. The predicted molar refractivity (Wildman–Crippen MR) is 126 cm³/mol. The maximum atomic E-state index is 12.7. The molecule has 1 aromatic heterocycles. The zero-order valence-electron chi connectivity index (χ0n) is 18.0. The van der Waals surface area contributed by atoms with Crippen molar-refractivity contribution in [2.75, 3.05) is 25.0 Å². The molecule has 2 aliphatic heterocycles. The summed E-state index contributed by atoms with van der Waals surface area (Å²) in [6.45, 7) is 3.32. The summed E-state index contributed by atoms with van der Waals surface area (Å²) in [5, 5.41) is 2.87. The Bertz CT molecular complexity index is 1180. The number of benzene rings is 2. The minimum atomic E-state index is -0.134. The molecule has 2 aromatic carbocycles. The molecule has 3 heterocycles. The first-order chi connectivity index (χ1) is 15.7. The summed E-state index contributed by atoms with van der Waals surface area (Å²) in [7, 11) is 0. The first-order valence-corrected chi connectivity index (χ1v) is 11.3. The highest BCUT2D eigenvalue weighted by Gasteiger charge is 2.24. The number of hydrogen-bond donors (Lipinski definition) is 1. The van der Waals surface area contributed by atoms with Crippen molar-refractivity contribution in [3.8, 4) is 11.3 Å². The van der Waals surface area contributed by atoms with Crippen molar-refractivity contribution >= 4 is 29.0 Å². The van der Waals surface area contributed by atoms with Gasteiger partial charge in [0.1, 0.15) is 11.5 Å². The van der Waals surface area contributed by atoms with Crippen LogP contribution >= 0.6 is 0 Å². The second-order valence-corrected chi connectivity index (χ2v) is 8.42. The number of nitrogens with one attached hydrogen (secondary N) is 1. The molecule has 0 spiro atoms. The Labute approximate surface area is 187 Å². The molecule has 0 atom stereocenters. The van der Waals surface area contributed by atoms with Gasteiger partial charge in [0, 0.05) is 28.8 Å². The number of furan rings is 1. The standard InChI is InChI=1S/C27H26N2O3/c30-25(11-6-16-29-14-3-4-15-29)19-7-5-8-20(17-19)26-13-12-21(32-26)18-23-22-9-1-2-10-24(22)28-27(23)31/h1-2,5,7-10,12-13,17-18H,3-4,6,11,14-16H2,(H,28,31)/b23-18+. The van der Waals surface area contributed by atoms with E-state index >= 15 is 0 Å². The van der Waals surface area contributed by atoms with Gasteiger partial charge < -0.3 is 14.6 Å². The molecule has 0 radical (unpaired) electrons. The first-order valence-electron chi connectivity index (χ1n) is 11.3. The smallest absolute Gasteiger partial charge is 0.256 e. The highest BCUT2D eigenvalue weighted by Crippen LogP contribution is 2.33. The Morgan fingerprint density at radius 2 is 1.88 bits per heavy atom. The van der Waals surface area contributed by atoms with E-state index in [0.29, 0.717) is 29.1 Å². The SMILES string of the molecule is O=C1Nc2ccccc2/C1=C\c1ccc(-c2cccc(C(=O)CCCN3CCCC3)c2)o1. The van der Waals surface area contributed by atoms with Crippen LogP contribution in [0.3, 0.4) is 0 Å². The van der Waals surface area contributed by atoms with Gasteiger partial charge in [-0.25, -0.2) is 0 Å². The predicted octanol–water partition coefficient (Wildman–Crippen LogP) is 5.50. The quantitative estimate of drug-likeness (QED) is 0.400. The van der Waals surface area contributed by atoms with E-state index in [1.807, 2.05) is 60.7 Å². The van der Waals surface area contributed by atoms with Crippen molar-refractivity contribution in [1.29, 1.82) is 0 Å². The summed E-state index contributed by atoms with van der Waals surface area (Å²) in [5.74, 6) is 1.31. The fraction of sp³-hybridized carbons (Fsp3) is 0.259. The number of fused-ring (bicyclic) bond motifs is 1. The van der Waals surface area contributed by atoms with Crippen LogP contribution in [0.15, 0.2) is 65.1 Å². The largest absolute Gasteiger partial charge is 0.457 e. The topological polar surface area (TPSA) is 62.6 Å². The average molecular weight is 427 g/mol. The number of carbonyl (C=O) groups excluding carboxylic acids is 2. The number of Topliss-reactive ketones (excluding diaryl/α,β-unsaturated/α-hetero) is 1. The molecule has 0 unspecified atom stereocenters. The van der Waals surface area contributed by atoms with E-state index in [2.05, 4.69) is 10.2 Å². The Kier molecular flexibility index (Phi) is 5.73. The van der Waals surface area contributed by atoms with Crippen LogP contribution in [0.2, 0.25) is 0 Å². The molecule has 1 saturated heterocycles. The number of carbonyl (C=O) groups is 2. The van der Waals surface area contributed by atoms with E-state index in [-0.39, 0.29) is 11.7 Å². The van der Waals surface area contributed by atoms with Crippen molar-refractivity contribution in [3.05, 3.63) is 77.6 Å². The van der Waals surface area contributed by atoms with Gasteiger partial charge in [0.05, 0.1) is 5.57 Å². The monoisotopic (exact) mass is 426 g/mol. The van der Waals surface area contributed by atoms with Gasteiger partial charge in [-0.05, 0) is 69.2 Å². The van der Waals surface area contributed by atoms with Crippen molar-refractivity contribution in [2.24, 2.45) is 0 Å². The zero-order valence-corrected chi connectivity index (χ0v) is 18.0. The van der Waals surface area contributed by atoms with Crippen LogP contribution in [0.5, 0.6) is 0 Å². The van der Waals surface area contributed by atoms with E-state index in [0.717, 1.165) is 42.9 Å². The summed E-state index contributed by atoms with van der Waals surface area (Å²) in [6.07, 6.45) is 5.76. The molecule has 1 amide bonds. The third-order valence-corrected chi connectivity index (χ3v) is 6.17. The summed E-state index contributed by atoms with van der Waals surface area (Å²) >= 11 is 0. The van der Waals surface area contributed by atoms with Crippen molar-refractivity contribution in [3.63, 3.8) is 0 Å². The zero-order chi connectivity index (χ0) is 21.9. The molecule has 3 aromatic rings. The minimum absolute atomic E-state index is 0.134. The van der Waals surface area contributed by atoms with Crippen LogP contribution in [0.4, 0.5) is 5.69 Å². The fourth-order valence-electron chi connectivity index (χ4n) is 4.47. The van der Waals surface area contributed by atoms with Gasteiger partial charge in [0.2, 0.25) is 0 Å². The second-order valence-electron chi connectivity index (χ2n) is 8.42. The number of amides is 1. The number of likely N-dealkylation sites (tertiary alicyclic amines) is 1. The highest BCUT2D eigenvalue weighted by atomic mass is 16.3.